The van der Waals surface area contributed by atoms with Gasteiger partial charge in [0.1, 0.15) is 9.84 Å². The zero-order valence-electron chi connectivity index (χ0n) is 9.20. The lowest BCUT2D eigenvalue weighted by Gasteiger charge is -1.96. The van der Waals surface area contributed by atoms with E-state index >= 15 is 0 Å². The molecule has 0 aromatic rings. The van der Waals surface area contributed by atoms with Crippen molar-refractivity contribution < 1.29 is 12.6 Å². The first-order valence-corrected chi connectivity index (χ1v) is 7.67. The third-order valence-electron chi connectivity index (χ3n) is 1.52. The molecule has 0 aliphatic rings. The van der Waals surface area contributed by atoms with E-state index < -0.39 is 20.6 Å². The maximum absolute atomic E-state index is 10.3. The Balaban J connectivity index is -0.0000000718. The van der Waals surface area contributed by atoms with E-state index in [0.717, 1.165) is 0 Å². The summed E-state index contributed by atoms with van der Waals surface area (Å²) < 4.78 is 30.9. The predicted octanol–water partition coefficient (Wildman–Crippen LogP) is 2.48. The van der Waals surface area contributed by atoms with E-state index in [9.17, 15) is 12.6 Å². The molecule has 0 saturated carbocycles. The summed E-state index contributed by atoms with van der Waals surface area (Å²) in [6, 6.07) is 0. The highest BCUT2D eigenvalue weighted by Crippen LogP contribution is 1.92. The van der Waals surface area contributed by atoms with Gasteiger partial charge in [-0.25, -0.2) is 8.42 Å². The van der Waals surface area contributed by atoms with Crippen LogP contribution in [-0.2, 0) is 20.6 Å². The van der Waals surface area contributed by atoms with Crippen molar-refractivity contribution in [1.82, 2.24) is 0 Å². The molecule has 15 heavy (non-hydrogen) atoms. The number of rotatable bonds is 2. The van der Waals surface area contributed by atoms with Crippen molar-refractivity contribution in [2.75, 3.05) is 12.5 Å². The second-order valence-electron chi connectivity index (χ2n) is 3.43. The largest absolute Gasteiger partial charge is 0.260 e. The molecule has 0 bridgehead atoms. The minimum atomic E-state index is -2.74. The van der Waals surface area contributed by atoms with Crippen molar-refractivity contribution >= 4 is 20.6 Å². The average Bonchev–Trinajstić information content (AvgIpc) is 1.86. The zero-order chi connectivity index (χ0) is 11.2. The first-order valence-electron chi connectivity index (χ1n) is 4.10. The first kappa shape index (κ1) is 24.4. The molecule has 0 aromatic carbocycles. The topological polar surface area (TPSA) is 51.2 Å². The van der Waals surface area contributed by atoms with Gasteiger partial charge in [0.2, 0.25) is 0 Å². The Kier molecular flexibility index (Phi) is 17.2. The van der Waals surface area contributed by atoms with Gasteiger partial charge >= 0.3 is 0 Å². The van der Waals surface area contributed by atoms with Crippen LogP contribution in [0.15, 0.2) is 0 Å². The molecule has 1 atom stereocenters. The fourth-order valence-electron chi connectivity index (χ4n) is 0. The van der Waals surface area contributed by atoms with Crippen LogP contribution >= 0.6 is 0 Å². The van der Waals surface area contributed by atoms with Crippen LogP contribution in [0.3, 0.4) is 0 Å². The summed E-state index contributed by atoms with van der Waals surface area (Å²) in [4.78, 5) is 0. The van der Waals surface area contributed by atoms with Crippen LogP contribution in [0.25, 0.3) is 0 Å². The van der Waals surface area contributed by atoms with Crippen molar-refractivity contribution in [2.45, 2.75) is 53.0 Å². The summed E-state index contributed by atoms with van der Waals surface area (Å²) in [7, 11) is -3.36. The molecule has 0 aliphatic carbocycles. The molecule has 0 aromatic heterocycles. The van der Waals surface area contributed by atoms with Gasteiger partial charge in [-0.1, -0.05) is 28.7 Å². The molecule has 98 valence electrons. The lowest BCUT2D eigenvalue weighted by Crippen LogP contribution is -2.10. The van der Waals surface area contributed by atoms with Gasteiger partial charge in [0.15, 0.2) is 0 Å². The van der Waals surface area contributed by atoms with Crippen molar-refractivity contribution in [2.24, 2.45) is 0 Å². The van der Waals surface area contributed by atoms with Crippen LogP contribution in [0.2, 0.25) is 0 Å². The highest BCUT2D eigenvalue weighted by atomic mass is 32.2. The smallest absolute Gasteiger partial charge is 0.149 e. The Morgan fingerprint density at radius 1 is 1.00 bits per heavy atom. The molecule has 0 heterocycles. The molecule has 0 N–H and O–H groups in total. The van der Waals surface area contributed by atoms with Crippen LogP contribution in [-0.4, -0.2) is 35.6 Å². The van der Waals surface area contributed by atoms with E-state index in [2.05, 4.69) is 0 Å². The van der Waals surface area contributed by atoms with Crippen molar-refractivity contribution in [3.8, 4) is 0 Å². The SMILES string of the molecule is C.C.CC(C)S(C)(=O)=O.CC(C)S(C)=O. The number of sulfone groups is 1. The summed E-state index contributed by atoms with van der Waals surface area (Å²) in [6.07, 6.45) is 2.95. The zero-order valence-corrected chi connectivity index (χ0v) is 10.8. The third kappa shape index (κ3) is 20.2. The Bertz CT molecular complexity index is 241. The van der Waals surface area contributed by atoms with Gasteiger partial charge in [-0.3, -0.25) is 4.21 Å². The van der Waals surface area contributed by atoms with E-state index in [0.29, 0.717) is 5.25 Å². The minimum Gasteiger partial charge on any atom is -0.260 e. The normalized spacial score (nSPS) is 12.0. The van der Waals surface area contributed by atoms with E-state index in [1.807, 2.05) is 13.8 Å². The monoisotopic (exact) mass is 260 g/mol. The lowest BCUT2D eigenvalue weighted by molar-refractivity contribution is 0.593. The molecule has 3 nitrogen and oxygen atoms in total. The predicted molar refractivity (Wildman–Crippen MR) is 72.6 cm³/mol. The Hall–Kier alpha value is 0.1000. The van der Waals surface area contributed by atoms with Gasteiger partial charge < -0.3 is 0 Å². The maximum Gasteiger partial charge on any atom is 0.149 e. The minimum absolute atomic E-state index is 0. The molecule has 0 fully saturated rings. The van der Waals surface area contributed by atoms with Crippen LogP contribution in [0.1, 0.15) is 42.5 Å². The van der Waals surface area contributed by atoms with Crippen molar-refractivity contribution in [3.05, 3.63) is 0 Å². The lowest BCUT2D eigenvalue weighted by atomic mass is 10.6. The summed E-state index contributed by atoms with van der Waals surface area (Å²) in [5.41, 5.74) is 0. The van der Waals surface area contributed by atoms with E-state index in [1.54, 1.807) is 20.1 Å². The van der Waals surface area contributed by atoms with Gasteiger partial charge in [0.05, 0.1) is 5.25 Å². The average molecular weight is 260 g/mol. The molecule has 0 aliphatic heterocycles. The van der Waals surface area contributed by atoms with Crippen LogP contribution in [0.5, 0.6) is 0 Å². The second-order valence-corrected chi connectivity index (χ2v) is 7.97. The van der Waals surface area contributed by atoms with E-state index in [1.165, 1.54) is 6.26 Å². The van der Waals surface area contributed by atoms with Gasteiger partial charge in [0.25, 0.3) is 0 Å². The highest BCUT2D eigenvalue weighted by Gasteiger charge is 2.05. The first-order chi connectivity index (χ1) is 5.59. The van der Waals surface area contributed by atoms with Crippen LogP contribution < -0.4 is 0 Å². The van der Waals surface area contributed by atoms with Gasteiger partial charge in [-0.05, 0) is 13.8 Å². The van der Waals surface area contributed by atoms with Crippen LogP contribution in [0.4, 0.5) is 0 Å². The molecule has 0 amide bonds. The van der Waals surface area contributed by atoms with Crippen molar-refractivity contribution in [1.29, 1.82) is 0 Å². The number of hydrogen-bond acceptors (Lipinski definition) is 3. The molecule has 0 rings (SSSR count). The summed E-state index contributed by atoms with van der Waals surface area (Å²) in [5.74, 6) is 0. The molecular weight excluding hydrogens is 232 g/mol. The van der Waals surface area contributed by atoms with E-state index in [-0.39, 0.29) is 20.1 Å². The Morgan fingerprint density at radius 2 is 1.13 bits per heavy atom. The summed E-state index contributed by atoms with van der Waals surface area (Å²) >= 11 is 0. The Labute approximate surface area is 99.0 Å². The quantitative estimate of drug-likeness (QED) is 0.766. The van der Waals surface area contributed by atoms with Gasteiger partial charge in [-0.2, -0.15) is 0 Å². The molecule has 0 saturated heterocycles. The van der Waals surface area contributed by atoms with Crippen LogP contribution in [0, 0.1) is 0 Å². The fourth-order valence-corrected chi connectivity index (χ4v) is 0. The third-order valence-corrected chi connectivity index (χ3v) is 4.56. The summed E-state index contributed by atoms with van der Waals surface area (Å²) in [6.45, 7) is 7.21. The van der Waals surface area contributed by atoms with E-state index in [4.69, 9.17) is 0 Å². The van der Waals surface area contributed by atoms with Gasteiger partial charge in [0, 0.05) is 28.6 Å². The second kappa shape index (κ2) is 10.6. The Morgan fingerprint density at radius 3 is 1.13 bits per heavy atom. The molecule has 0 spiro atoms. The number of hydrogen-bond donors (Lipinski definition) is 0. The molecule has 0 radical (unpaired) electrons. The summed E-state index contributed by atoms with van der Waals surface area (Å²) in [5, 5.41) is 0.0949. The fraction of sp³-hybridized carbons (Fsp3) is 1.00. The standard InChI is InChI=1S/C4H10O2S.C4H10OS.2CH4/c1-4(2)7(3,5)6;1-4(2)6(3)5;;/h4H,1-3H3;4H,1-3H3;2*1H4. The van der Waals surface area contributed by atoms with Gasteiger partial charge in [-0.15, -0.1) is 0 Å². The van der Waals surface area contributed by atoms with Crippen molar-refractivity contribution in [3.63, 3.8) is 0 Å². The molecule has 1 unspecified atom stereocenters. The highest BCUT2D eigenvalue weighted by molar-refractivity contribution is 7.91. The molecular formula is C10H28O3S2. The molecule has 5 heteroatoms. The maximum atomic E-state index is 10.3.